The summed E-state index contributed by atoms with van der Waals surface area (Å²) in [6.07, 6.45) is 0.550. The maximum Gasteiger partial charge on any atom is 0.159 e. The van der Waals surface area contributed by atoms with E-state index < -0.39 is 17.2 Å². The van der Waals surface area contributed by atoms with Gasteiger partial charge in [0.05, 0.1) is 0 Å². The Balaban J connectivity index is 2.33. The van der Waals surface area contributed by atoms with Crippen molar-refractivity contribution in [3.63, 3.8) is 0 Å². The van der Waals surface area contributed by atoms with Crippen molar-refractivity contribution < 1.29 is 13.9 Å². The molecular formula is C11H13F2NO. The predicted molar refractivity (Wildman–Crippen MR) is 52.4 cm³/mol. The number of likely N-dealkylation sites (tertiary alicyclic amines) is 1. The monoisotopic (exact) mass is 213 g/mol. The Labute approximate surface area is 87.1 Å². The van der Waals surface area contributed by atoms with Crippen LogP contribution in [-0.2, 0) is 5.60 Å². The van der Waals surface area contributed by atoms with Crippen LogP contribution in [0.5, 0.6) is 0 Å². The van der Waals surface area contributed by atoms with Gasteiger partial charge in [-0.2, -0.15) is 0 Å². The molecule has 0 bridgehead atoms. The smallest absolute Gasteiger partial charge is 0.159 e. The quantitative estimate of drug-likeness (QED) is 0.764. The molecule has 4 heteroatoms. The molecule has 1 N–H and O–H groups in total. The Bertz CT molecular complexity index is 383. The molecule has 0 aliphatic carbocycles. The van der Waals surface area contributed by atoms with E-state index in [2.05, 4.69) is 0 Å². The minimum atomic E-state index is -1.04. The first kappa shape index (κ1) is 10.5. The number of benzene rings is 1. The maximum atomic E-state index is 13.0. The molecule has 2 rings (SSSR count). The minimum absolute atomic E-state index is 0.450. The van der Waals surface area contributed by atoms with Crippen LogP contribution in [0.25, 0.3) is 0 Å². The van der Waals surface area contributed by atoms with Gasteiger partial charge in [-0.15, -0.1) is 0 Å². The molecule has 0 radical (unpaired) electrons. The van der Waals surface area contributed by atoms with Crippen LogP contribution >= 0.6 is 0 Å². The molecule has 1 unspecified atom stereocenters. The van der Waals surface area contributed by atoms with Gasteiger partial charge >= 0.3 is 0 Å². The van der Waals surface area contributed by atoms with Crippen LogP contribution < -0.4 is 0 Å². The summed E-state index contributed by atoms with van der Waals surface area (Å²) >= 11 is 0. The average Bonchev–Trinajstić information content (AvgIpc) is 2.52. The fourth-order valence-electron chi connectivity index (χ4n) is 2.00. The number of rotatable bonds is 1. The second-order valence-corrected chi connectivity index (χ2v) is 4.15. The second kappa shape index (κ2) is 3.54. The topological polar surface area (TPSA) is 23.5 Å². The Kier molecular flexibility index (Phi) is 2.48. The SMILES string of the molecule is CN1CCC(O)(c2ccc(F)c(F)c2)C1. The molecule has 0 amide bonds. The van der Waals surface area contributed by atoms with Crippen molar-refractivity contribution in [3.05, 3.63) is 35.4 Å². The molecule has 15 heavy (non-hydrogen) atoms. The molecule has 1 aromatic rings. The third-order valence-corrected chi connectivity index (χ3v) is 2.90. The van der Waals surface area contributed by atoms with Gasteiger partial charge in [-0.05, 0) is 31.2 Å². The number of likely N-dealkylation sites (N-methyl/N-ethyl adjacent to an activating group) is 1. The van der Waals surface area contributed by atoms with E-state index in [1.165, 1.54) is 6.07 Å². The summed E-state index contributed by atoms with van der Waals surface area (Å²) in [7, 11) is 1.89. The fraction of sp³-hybridized carbons (Fsp3) is 0.455. The van der Waals surface area contributed by atoms with Gasteiger partial charge in [0.15, 0.2) is 11.6 Å². The van der Waals surface area contributed by atoms with E-state index in [4.69, 9.17) is 0 Å². The van der Waals surface area contributed by atoms with Crippen molar-refractivity contribution in [2.45, 2.75) is 12.0 Å². The largest absolute Gasteiger partial charge is 0.384 e. The lowest BCUT2D eigenvalue weighted by molar-refractivity contribution is 0.0485. The third-order valence-electron chi connectivity index (χ3n) is 2.90. The van der Waals surface area contributed by atoms with Gasteiger partial charge in [0.2, 0.25) is 0 Å². The number of aliphatic hydroxyl groups is 1. The lowest BCUT2D eigenvalue weighted by atomic mass is 9.93. The molecule has 82 valence electrons. The third kappa shape index (κ3) is 1.87. The number of nitrogens with zero attached hydrogens (tertiary/aromatic N) is 1. The zero-order chi connectivity index (χ0) is 11.1. The predicted octanol–water partition coefficient (Wildman–Crippen LogP) is 1.49. The molecule has 1 fully saturated rings. The van der Waals surface area contributed by atoms with Gasteiger partial charge in [0.1, 0.15) is 5.60 Å². The van der Waals surface area contributed by atoms with Gasteiger partial charge in [-0.1, -0.05) is 6.07 Å². The van der Waals surface area contributed by atoms with Gasteiger partial charge in [0.25, 0.3) is 0 Å². The highest BCUT2D eigenvalue weighted by Gasteiger charge is 2.36. The van der Waals surface area contributed by atoms with Crippen LogP contribution in [-0.4, -0.2) is 30.1 Å². The normalized spacial score (nSPS) is 27.2. The Hall–Kier alpha value is -1.00. The lowest BCUT2D eigenvalue weighted by Crippen LogP contribution is -2.29. The van der Waals surface area contributed by atoms with Crippen molar-refractivity contribution in [3.8, 4) is 0 Å². The lowest BCUT2D eigenvalue weighted by Gasteiger charge is -2.22. The van der Waals surface area contributed by atoms with Gasteiger partial charge in [-0.25, -0.2) is 8.78 Å². The maximum absolute atomic E-state index is 13.0. The van der Waals surface area contributed by atoms with E-state index in [9.17, 15) is 13.9 Å². The molecule has 1 heterocycles. The van der Waals surface area contributed by atoms with Crippen molar-refractivity contribution in [1.82, 2.24) is 4.90 Å². The van der Waals surface area contributed by atoms with Crippen LogP contribution in [0.15, 0.2) is 18.2 Å². The van der Waals surface area contributed by atoms with E-state index in [0.717, 1.165) is 18.7 Å². The Morgan fingerprint density at radius 1 is 1.33 bits per heavy atom. The van der Waals surface area contributed by atoms with Crippen molar-refractivity contribution in [2.75, 3.05) is 20.1 Å². The summed E-state index contributed by atoms with van der Waals surface area (Å²) in [6.45, 7) is 1.22. The summed E-state index contributed by atoms with van der Waals surface area (Å²) in [4.78, 5) is 1.96. The van der Waals surface area contributed by atoms with E-state index in [1.807, 2.05) is 11.9 Å². The first-order chi connectivity index (χ1) is 7.01. The minimum Gasteiger partial charge on any atom is -0.384 e. The van der Waals surface area contributed by atoms with Gasteiger partial charge < -0.3 is 10.0 Å². The van der Waals surface area contributed by atoms with E-state index in [-0.39, 0.29) is 0 Å². The summed E-state index contributed by atoms with van der Waals surface area (Å²) in [6, 6.07) is 3.58. The molecule has 2 nitrogen and oxygen atoms in total. The molecule has 1 atom stereocenters. The fourth-order valence-corrected chi connectivity index (χ4v) is 2.00. The average molecular weight is 213 g/mol. The number of halogens is 2. The van der Waals surface area contributed by atoms with E-state index in [0.29, 0.717) is 18.5 Å². The van der Waals surface area contributed by atoms with Crippen LogP contribution in [0, 0.1) is 11.6 Å². The number of β-amino-alcohol motifs (C(OH)–C–C–N with tert-alkyl or cyclic N) is 1. The van der Waals surface area contributed by atoms with Gasteiger partial charge in [-0.3, -0.25) is 0 Å². The molecule has 0 aromatic heterocycles. The van der Waals surface area contributed by atoms with Crippen LogP contribution in [0.2, 0.25) is 0 Å². The molecule has 0 saturated carbocycles. The Morgan fingerprint density at radius 3 is 2.60 bits per heavy atom. The van der Waals surface area contributed by atoms with E-state index in [1.54, 1.807) is 0 Å². The van der Waals surface area contributed by atoms with Crippen LogP contribution in [0.4, 0.5) is 8.78 Å². The number of hydrogen-bond donors (Lipinski definition) is 1. The zero-order valence-corrected chi connectivity index (χ0v) is 8.50. The molecular weight excluding hydrogens is 200 g/mol. The summed E-state index contributed by atoms with van der Waals surface area (Å²) < 4.78 is 25.7. The Morgan fingerprint density at radius 2 is 2.07 bits per heavy atom. The summed E-state index contributed by atoms with van der Waals surface area (Å²) in [5.74, 6) is -1.79. The van der Waals surface area contributed by atoms with Gasteiger partial charge in [0, 0.05) is 13.1 Å². The van der Waals surface area contributed by atoms with Crippen LogP contribution in [0.1, 0.15) is 12.0 Å². The zero-order valence-electron chi connectivity index (χ0n) is 8.50. The molecule has 1 aliphatic heterocycles. The first-order valence-electron chi connectivity index (χ1n) is 4.88. The molecule has 0 spiro atoms. The number of hydrogen-bond acceptors (Lipinski definition) is 2. The van der Waals surface area contributed by atoms with E-state index >= 15 is 0 Å². The van der Waals surface area contributed by atoms with Crippen LogP contribution in [0.3, 0.4) is 0 Å². The first-order valence-corrected chi connectivity index (χ1v) is 4.88. The highest BCUT2D eigenvalue weighted by atomic mass is 19.2. The molecule has 1 saturated heterocycles. The highest BCUT2D eigenvalue weighted by molar-refractivity contribution is 5.25. The summed E-state index contributed by atoms with van der Waals surface area (Å²) in [5, 5.41) is 10.2. The standard InChI is InChI=1S/C11H13F2NO/c1-14-5-4-11(15,7-14)8-2-3-9(12)10(13)6-8/h2-3,6,15H,4-5,7H2,1H3. The highest BCUT2D eigenvalue weighted by Crippen LogP contribution is 2.31. The van der Waals surface area contributed by atoms with Crippen molar-refractivity contribution in [1.29, 1.82) is 0 Å². The summed E-state index contributed by atoms with van der Waals surface area (Å²) in [5.41, 5.74) is -0.589. The molecule has 1 aromatic carbocycles. The second-order valence-electron chi connectivity index (χ2n) is 4.15. The van der Waals surface area contributed by atoms with Crippen molar-refractivity contribution in [2.24, 2.45) is 0 Å². The molecule has 1 aliphatic rings. The van der Waals surface area contributed by atoms with Crippen molar-refractivity contribution >= 4 is 0 Å².